The molecule has 0 radical (unpaired) electrons. The van der Waals surface area contributed by atoms with Gasteiger partial charge in [-0.2, -0.15) is 0 Å². The van der Waals surface area contributed by atoms with Gasteiger partial charge >= 0.3 is 0 Å². The molecule has 0 bridgehead atoms. The third-order valence-corrected chi connectivity index (χ3v) is 5.11. The van der Waals surface area contributed by atoms with Gasteiger partial charge in [0.05, 0.1) is 10.8 Å². The average molecular weight is 350 g/mol. The molecule has 2 N–H and O–H groups in total. The Bertz CT molecular complexity index is 818. The lowest BCUT2D eigenvalue weighted by Crippen LogP contribution is -2.27. The van der Waals surface area contributed by atoms with Crippen molar-refractivity contribution in [2.24, 2.45) is 0 Å². The van der Waals surface area contributed by atoms with Crippen molar-refractivity contribution in [1.29, 1.82) is 0 Å². The molecular formula is C13H13ClFNO5S. The molecule has 0 aliphatic carbocycles. The quantitative estimate of drug-likeness (QED) is 0.885. The number of sulfonamides is 1. The lowest BCUT2D eigenvalue weighted by molar-refractivity contribution is 0.409. The van der Waals surface area contributed by atoms with Crippen LogP contribution in [0.4, 0.5) is 10.3 Å². The van der Waals surface area contributed by atoms with E-state index in [0.717, 1.165) is 10.4 Å². The Balaban J connectivity index is 2.57. The molecule has 9 heteroatoms. The van der Waals surface area contributed by atoms with Gasteiger partial charge in [0.2, 0.25) is 21.5 Å². The molecule has 2 rings (SSSR count). The lowest BCUT2D eigenvalue weighted by Gasteiger charge is -2.14. The van der Waals surface area contributed by atoms with Crippen LogP contribution in [0.15, 0.2) is 22.6 Å². The molecule has 0 atom stereocenters. The van der Waals surface area contributed by atoms with Gasteiger partial charge in [0.25, 0.3) is 5.88 Å². The van der Waals surface area contributed by atoms with Gasteiger partial charge in [-0.3, -0.25) is 0 Å². The van der Waals surface area contributed by atoms with Crippen LogP contribution in [0.25, 0.3) is 11.3 Å². The van der Waals surface area contributed by atoms with Crippen molar-refractivity contribution < 1.29 is 27.4 Å². The highest BCUT2D eigenvalue weighted by molar-refractivity contribution is 7.92. The normalized spacial score (nSPS) is 11.6. The molecular weight excluding hydrogens is 337 g/mol. The van der Waals surface area contributed by atoms with Crippen LogP contribution in [0.3, 0.4) is 0 Å². The first kappa shape index (κ1) is 16.4. The van der Waals surface area contributed by atoms with Crippen LogP contribution in [-0.4, -0.2) is 31.4 Å². The molecule has 0 spiro atoms. The fourth-order valence-electron chi connectivity index (χ4n) is 1.77. The first-order valence-electron chi connectivity index (χ1n) is 6.15. The largest absolute Gasteiger partial charge is 0.502 e. The second-order valence-electron chi connectivity index (χ2n) is 4.43. The zero-order valence-electron chi connectivity index (χ0n) is 11.7. The first-order valence-corrected chi connectivity index (χ1v) is 8.14. The van der Waals surface area contributed by atoms with Gasteiger partial charge in [0, 0.05) is 12.6 Å². The van der Waals surface area contributed by atoms with E-state index in [4.69, 9.17) is 16.0 Å². The molecule has 1 heterocycles. The highest BCUT2D eigenvalue weighted by atomic mass is 35.5. The second-order valence-corrected chi connectivity index (χ2v) is 7.13. The minimum atomic E-state index is -3.69. The zero-order chi connectivity index (χ0) is 16.7. The molecule has 0 aliphatic heterocycles. The summed E-state index contributed by atoms with van der Waals surface area (Å²) in [4.78, 5) is 0. The number of hydrogen-bond donors (Lipinski definition) is 2. The maximum Gasteiger partial charge on any atom is 0.256 e. The number of rotatable bonds is 4. The fraction of sp³-hybridized carbons (Fsp3) is 0.231. The van der Waals surface area contributed by atoms with Crippen molar-refractivity contribution in [3.05, 3.63) is 29.0 Å². The van der Waals surface area contributed by atoms with Gasteiger partial charge in [0.1, 0.15) is 5.82 Å². The van der Waals surface area contributed by atoms with Crippen LogP contribution in [0.5, 0.6) is 11.5 Å². The van der Waals surface area contributed by atoms with E-state index in [1.54, 1.807) is 0 Å². The standard InChI is InChI=1S/C13H13ClFNO5S/c1-3-22(19,20)16(2)13-11(18)10(17)12(21-13)7-4-5-9(15)8(14)6-7/h4-6,17-18H,3H2,1-2H3. The summed E-state index contributed by atoms with van der Waals surface area (Å²) < 4.78 is 42.7. The molecule has 0 saturated carbocycles. The minimum Gasteiger partial charge on any atom is -0.502 e. The van der Waals surface area contributed by atoms with Crippen LogP contribution in [0.2, 0.25) is 5.02 Å². The predicted molar refractivity (Wildman–Crippen MR) is 80.3 cm³/mol. The molecule has 0 unspecified atom stereocenters. The van der Waals surface area contributed by atoms with E-state index in [0.29, 0.717) is 0 Å². The first-order chi connectivity index (χ1) is 10.2. The highest BCUT2D eigenvalue weighted by Gasteiger charge is 2.28. The Kier molecular flexibility index (Phi) is 4.25. The lowest BCUT2D eigenvalue weighted by atomic mass is 10.1. The van der Waals surface area contributed by atoms with E-state index in [9.17, 15) is 23.0 Å². The molecule has 2 aromatic rings. The molecule has 0 amide bonds. The Morgan fingerprint density at radius 3 is 2.50 bits per heavy atom. The predicted octanol–water partition coefficient (Wildman–Crippen LogP) is 2.94. The number of furan rings is 1. The maximum absolute atomic E-state index is 13.2. The fourth-order valence-corrected chi connectivity index (χ4v) is 2.71. The van der Waals surface area contributed by atoms with E-state index in [1.165, 1.54) is 26.1 Å². The van der Waals surface area contributed by atoms with Crippen molar-refractivity contribution >= 4 is 27.5 Å². The molecule has 0 aliphatic rings. The third-order valence-electron chi connectivity index (χ3n) is 3.09. The smallest absolute Gasteiger partial charge is 0.256 e. The second kappa shape index (κ2) is 5.69. The molecule has 120 valence electrons. The Hall–Kier alpha value is -1.93. The summed E-state index contributed by atoms with van der Waals surface area (Å²) >= 11 is 5.65. The van der Waals surface area contributed by atoms with E-state index in [1.807, 2.05) is 0 Å². The van der Waals surface area contributed by atoms with Crippen LogP contribution >= 0.6 is 11.6 Å². The Labute approximate surface area is 131 Å². The monoisotopic (exact) mass is 349 g/mol. The molecule has 1 aromatic heterocycles. The van der Waals surface area contributed by atoms with Crippen LogP contribution in [-0.2, 0) is 10.0 Å². The number of nitrogens with zero attached hydrogens (tertiary/aromatic N) is 1. The van der Waals surface area contributed by atoms with Gasteiger partial charge in [-0.15, -0.1) is 0 Å². The molecule has 1 aromatic carbocycles. The Morgan fingerprint density at radius 1 is 1.32 bits per heavy atom. The van der Waals surface area contributed by atoms with Crippen molar-refractivity contribution in [1.82, 2.24) is 0 Å². The minimum absolute atomic E-state index is 0.188. The summed E-state index contributed by atoms with van der Waals surface area (Å²) in [5, 5.41) is 19.6. The highest BCUT2D eigenvalue weighted by Crippen LogP contribution is 2.47. The molecule has 0 fully saturated rings. The summed E-state index contributed by atoms with van der Waals surface area (Å²) in [6.45, 7) is 1.42. The summed E-state index contributed by atoms with van der Waals surface area (Å²) in [6.07, 6.45) is 0. The van der Waals surface area contributed by atoms with E-state index in [-0.39, 0.29) is 22.1 Å². The number of halogens is 2. The SMILES string of the molecule is CCS(=O)(=O)N(C)c1oc(-c2ccc(F)c(Cl)c2)c(O)c1O. The van der Waals surface area contributed by atoms with Crippen molar-refractivity contribution in [2.75, 3.05) is 17.1 Å². The van der Waals surface area contributed by atoms with E-state index < -0.39 is 33.2 Å². The average Bonchev–Trinajstić information content (AvgIpc) is 2.77. The van der Waals surface area contributed by atoms with Gasteiger partial charge < -0.3 is 14.6 Å². The number of anilines is 1. The van der Waals surface area contributed by atoms with E-state index in [2.05, 4.69) is 0 Å². The maximum atomic E-state index is 13.2. The van der Waals surface area contributed by atoms with Crippen molar-refractivity contribution in [2.45, 2.75) is 6.92 Å². The topological polar surface area (TPSA) is 91.0 Å². The summed E-state index contributed by atoms with van der Waals surface area (Å²) in [6, 6.07) is 3.52. The number of benzene rings is 1. The van der Waals surface area contributed by atoms with E-state index >= 15 is 0 Å². The zero-order valence-corrected chi connectivity index (χ0v) is 13.2. The summed E-state index contributed by atoms with van der Waals surface area (Å²) in [5.41, 5.74) is 0.188. The molecule has 6 nitrogen and oxygen atoms in total. The summed E-state index contributed by atoms with van der Waals surface area (Å²) in [5.74, 6) is -2.91. The van der Waals surface area contributed by atoms with Gasteiger partial charge in [-0.1, -0.05) is 11.6 Å². The number of hydrogen-bond acceptors (Lipinski definition) is 5. The Morgan fingerprint density at radius 2 is 1.95 bits per heavy atom. The van der Waals surface area contributed by atoms with Crippen LogP contribution in [0, 0.1) is 5.82 Å². The van der Waals surface area contributed by atoms with Crippen LogP contribution in [0.1, 0.15) is 6.92 Å². The van der Waals surface area contributed by atoms with Gasteiger partial charge in [-0.05, 0) is 25.1 Å². The third kappa shape index (κ3) is 2.71. The van der Waals surface area contributed by atoms with Gasteiger partial charge in [-0.25, -0.2) is 17.1 Å². The van der Waals surface area contributed by atoms with Crippen LogP contribution < -0.4 is 4.31 Å². The molecule has 22 heavy (non-hydrogen) atoms. The summed E-state index contributed by atoms with van der Waals surface area (Å²) in [7, 11) is -2.51. The molecule has 0 saturated heterocycles. The van der Waals surface area contributed by atoms with Gasteiger partial charge in [0.15, 0.2) is 5.76 Å². The number of aromatic hydroxyl groups is 2. The van der Waals surface area contributed by atoms with Crippen molar-refractivity contribution in [3.8, 4) is 22.8 Å². The van der Waals surface area contributed by atoms with Crippen molar-refractivity contribution in [3.63, 3.8) is 0 Å².